The van der Waals surface area contributed by atoms with Crippen LogP contribution in [0.2, 0.25) is 0 Å². The fourth-order valence-electron chi connectivity index (χ4n) is 0.501. The zero-order valence-electron chi connectivity index (χ0n) is 4.91. The number of thiophene rings is 1. The van der Waals surface area contributed by atoms with Gasteiger partial charge in [0, 0.05) is 0 Å². The van der Waals surface area contributed by atoms with Crippen LogP contribution in [0.1, 0.15) is 0 Å². The van der Waals surface area contributed by atoms with E-state index in [0.717, 1.165) is 0 Å². The number of hydrogen-bond donors (Lipinski definition) is 1. The molecule has 0 aliphatic rings. The molecule has 0 atom stereocenters. The van der Waals surface area contributed by atoms with Gasteiger partial charge in [-0.2, -0.15) is 8.42 Å². The van der Waals surface area contributed by atoms with E-state index in [0.29, 0.717) is 7.57 Å². The third-order valence-electron chi connectivity index (χ3n) is 0.903. The minimum atomic E-state index is -4.08. The SMILES string of the molecule is O=S(=O)(O)c1cc(Br)sc1Br.[NaH]. The van der Waals surface area contributed by atoms with E-state index in [-0.39, 0.29) is 34.5 Å². The van der Waals surface area contributed by atoms with Crippen LogP contribution in [0, 0.1) is 0 Å². The van der Waals surface area contributed by atoms with Crippen molar-refractivity contribution >= 4 is 82.9 Å². The van der Waals surface area contributed by atoms with Gasteiger partial charge in [0.15, 0.2) is 0 Å². The second kappa shape index (κ2) is 4.88. The Morgan fingerprint density at radius 1 is 1.42 bits per heavy atom. The first-order valence-corrected chi connectivity index (χ1v) is 6.18. The van der Waals surface area contributed by atoms with Crippen molar-refractivity contribution in [3.05, 3.63) is 13.6 Å². The maximum atomic E-state index is 10.6. The second-order valence-corrected chi connectivity index (χ2v) is 6.80. The van der Waals surface area contributed by atoms with Crippen LogP contribution in [0.25, 0.3) is 0 Å². The van der Waals surface area contributed by atoms with Gasteiger partial charge in [-0.1, -0.05) is 0 Å². The monoisotopic (exact) mass is 344 g/mol. The second-order valence-electron chi connectivity index (χ2n) is 1.66. The van der Waals surface area contributed by atoms with Crippen molar-refractivity contribution in [1.29, 1.82) is 0 Å². The molecule has 0 saturated carbocycles. The van der Waals surface area contributed by atoms with E-state index >= 15 is 0 Å². The first kappa shape index (κ1) is 13.6. The Morgan fingerprint density at radius 2 is 1.92 bits per heavy atom. The van der Waals surface area contributed by atoms with E-state index in [1.165, 1.54) is 17.4 Å². The molecule has 12 heavy (non-hydrogen) atoms. The van der Waals surface area contributed by atoms with Crippen molar-refractivity contribution in [2.45, 2.75) is 4.90 Å². The van der Waals surface area contributed by atoms with Gasteiger partial charge in [-0.25, -0.2) is 0 Å². The predicted octanol–water partition coefficient (Wildman–Crippen LogP) is 1.87. The Kier molecular flexibility index (Phi) is 5.52. The third kappa shape index (κ3) is 3.38. The van der Waals surface area contributed by atoms with E-state index in [1.54, 1.807) is 0 Å². The van der Waals surface area contributed by atoms with Gasteiger partial charge in [0.05, 0.1) is 7.57 Å². The molecule has 0 radical (unpaired) electrons. The number of hydrogen-bond acceptors (Lipinski definition) is 3. The Morgan fingerprint density at radius 3 is 2.08 bits per heavy atom. The molecule has 3 nitrogen and oxygen atoms in total. The Hall–Kier alpha value is 1.57. The van der Waals surface area contributed by atoms with Crippen LogP contribution < -0.4 is 0 Å². The summed E-state index contributed by atoms with van der Waals surface area (Å²) in [4.78, 5) is -0.102. The van der Waals surface area contributed by atoms with Gasteiger partial charge >= 0.3 is 29.6 Å². The van der Waals surface area contributed by atoms with Crippen molar-refractivity contribution in [2.75, 3.05) is 0 Å². The summed E-state index contributed by atoms with van der Waals surface area (Å²) in [7, 11) is -4.08. The number of halogens is 2. The van der Waals surface area contributed by atoms with E-state index < -0.39 is 10.1 Å². The third-order valence-corrected chi connectivity index (χ3v) is 4.51. The fraction of sp³-hybridized carbons (Fsp3) is 0. The van der Waals surface area contributed by atoms with Crippen molar-refractivity contribution in [3.63, 3.8) is 0 Å². The van der Waals surface area contributed by atoms with Crippen LogP contribution in [0.3, 0.4) is 0 Å². The molecule has 0 spiro atoms. The molecule has 0 unspecified atom stereocenters. The zero-order chi connectivity index (χ0) is 8.65. The van der Waals surface area contributed by atoms with Crippen LogP contribution in [0.4, 0.5) is 0 Å². The Labute approximate surface area is 113 Å². The van der Waals surface area contributed by atoms with Crippen molar-refractivity contribution in [3.8, 4) is 0 Å². The molecule has 0 bridgehead atoms. The molecule has 1 aromatic heterocycles. The van der Waals surface area contributed by atoms with Gasteiger partial charge in [-0.3, -0.25) is 4.55 Å². The summed E-state index contributed by atoms with van der Waals surface area (Å²) in [6.07, 6.45) is 0. The quantitative estimate of drug-likeness (QED) is 0.624. The normalized spacial score (nSPS) is 10.9. The van der Waals surface area contributed by atoms with Crippen LogP contribution in [-0.4, -0.2) is 42.5 Å². The predicted molar refractivity (Wildman–Crippen MR) is 56.7 cm³/mol. The first-order valence-electron chi connectivity index (χ1n) is 2.33. The topological polar surface area (TPSA) is 54.4 Å². The van der Waals surface area contributed by atoms with Gasteiger partial charge in [0.25, 0.3) is 10.1 Å². The average molecular weight is 346 g/mol. The molecule has 64 valence electrons. The summed E-state index contributed by atoms with van der Waals surface area (Å²) in [6.45, 7) is 0. The molecule has 0 aliphatic carbocycles. The number of rotatable bonds is 1. The van der Waals surface area contributed by atoms with Crippen LogP contribution in [0.15, 0.2) is 18.5 Å². The fourth-order valence-corrected chi connectivity index (χ4v) is 4.76. The molecule has 1 heterocycles. The van der Waals surface area contributed by atoms with E-state index in [2.05, 4.69) is 31.9 Å². The molecule has 1 rings (SSSR count). The molecule has 1 aromatic rings. The maximum absolute atomic E-state index is 10.6. The summed E-state index contributed by atoms with van der Waals surface area (Å²) in [6, 6.07) is 1.34. The van der Waals surface area contributed by atoms with E-state index in [9.17, 15) is 8.42 Å². The van der Waals surface area contributed by atoms with Crippen LogP contribution in [-0.2, 0) is 10.1 Å². The van der Waals surface area contributed by atoms with E-state index in [4.69, 9.17) is 4.55 Å². The Bertz CT molecular complexity index is 372. The standard InChI is InChI=1S/C4H2Br2O3S2.Na.H/c5-3-1-2(4(6)10-3)11(7,8)9;;/h1H,(H,7,8,9);;. The summed E-state index contributed by atoms with van der Waals surface area (Å²) in [5, 5.41) is 0. The van der Waals surface area contributed by atoms with Crippen molar-refractivity contribution in [1.82, 2.24) is 0 Å². The van der Waals surface area contributed by atoms with Crippen LogP contribution in [0.5, 0.6) is 0 Å². The summed E-state index contributed by atoms with van der Waals surface area (Å²) >= 11 is 7.28. The molecule has 1 N–H and O–H groups in total. The van der Waals surface area contributed by atoms with E-state index in [1.807, 2.05) is 0 Å². The molecule has 0 aliphatic heterocycles. The minimum absolute atomic E-state index is 0. The molecule has 0 saturated heterocycles. The van der Waals surface area contributed by atoms with Gasteiger partial charge in [-0.15, -0.1) is 11.3 Å². The average Bonchev–Trinajstić information content (AvgIpc) is 2.08. The Balaban J connectivity index is 0.00000121. The van der Waals surface area contributed by atoms with Gasteiger partial charge < -0.3 is 0 Å². The summed E-state index contributed by atoms with van der Waals surface area (Å²) in [5.41, 5.74) is 0. The molecular weight excluding hydrogens is 343 g/mol. The molecule has 0 fully saturated rings. The van der Waals surface area contributed by atoms with Crippen LogP contribution >= 0.6 is 43.2 Å². The van der Waals surface area contributed by atoms with Gasteiger partial charge in [-0.05, 0) is 37.9 Å². The summed E-state index contributed by atoms with van der Waals surface area (Å²) < 4.78 is 30.8. The summed E-state index contributed by atoms with van der Waals surface area (Å²) in [5.74, 6) is 0. The molecular formula is C4H3Br2NaO3S2. The van der Waals surface area contributed by atoms with Crippen molar-refractivity contribution in [2.24, 2.45) is 0 Å². The van der Waals surface area contributed by atoms with Gasteiger partial charge in [0.2, 0.25) is 0 Å². The zero-order valence-corrected chi connectivity index (χ0v) is 9.72. The molecule has 0 amide bonds. The van der Waals surface area contributed by atoms with Crippen molar-refractivity contribution < 1.29 is 13.0 Å². The van der Waals surface area contributed by atoms with Gasteiger partial charge in [0.1, 0.15) is 4.90 Å². The molecule has 0 aromatic carbocycles. The molecule has 8 heteroatoms. The first-order chi connectivity index (χ1) is 4.91.